The predicted octanol–water partition coefficient (Wildman–Crippen LogP) is 0.147. The van der Waals surface area contributed by atoms with Gasteiger partial charge in [-0.15, -0.1) is 0 Å². The van der Waals surface area contributed by atoms with Gasteiger partial charge in [0.05, 0.1) is 0 Å². The zero-order valence-corrected chi connectivity index (χ0v) is 14.6. The van der Waals surface area contributed by atoms with Crippen LogP contribution in [0.4, 0.5) is 0 Å². The molecule has 0 aliphatic carbocycles. The minimum absolute atomic E-state index is 0.0858. The number of hydrogen-bond acceptors (Lipinski definition) is 5. The second-order valence-corrected chi connectivity index (χ2v) is 8.20. The summed E-state index contributed by atoms with van der Waals surface area (Å²) >= 11 is 0. The number of carbonyl (C=O) groups is 2. The number of nitrogens with one attached hydrogen (secondary N) is 2. The molecule has 1 aliphatic heterocycles. The van der Waals surface area contributed by atoms with E-state index >= 15 is 0 Å². The number of carbonyl (C=O) groups excluding carboxylic acids is 2. The largest absolute Gasteiger partial charge is 0.458 e. The summed E-state index contributed by atoms with van der Waals surface area (Å²) in [6, 6.07) is 1.26. The molecule has 1 saturated heterocycles. The van der Waals surface area contributed by atoms with Crippen LogP contribution < -0.4 is 10.0 Å². The summed E-state index contributed by atoms with van der Waals surface area (Å²) in [6.07, 6.45) is 1.54. The Morgan fingerprint density at radius 3 is 2.43 bits per heavy atom. The highest BCUT2D eigenvalue weighted by atomic mass is 32.2. The van der Waals surface area contributed by atoms with Crippen LogP contribution in [-0.4, -0.2) is 43.0 Å². The average Bonchev–Trinajstić information content (AvgIpc) is 2.86. The number of ether oxygens (including phenoxy) is 1. The minimum Gasteiger partial charge on any atom is -0.458 e. The van der Waals surface area contributed by atoms with E-state index in [2.05, 4.69) is 10.0 Å². The Bertz CT molecular complexity index is 765. The molecule has 2 N–H and O–H groups in total. The maximum absolute atomic E-state index is 12.6. The highest BCUT2D eigenvalue weighted by Gasteiger charge is 2.51. The fraction of sp³-hybridized carbons (Fsp3) is 0.571. The van der Waals surface area contributed by atoms with Crippen LogP contribution in [0.15, 0.2) is 17.2 Å². The Balaban J connectivity index is 2.33. The third-order valence-electron chi connectivity index (χ3n) is 3.71. The van der Waals surface area contributed by atoms with Crippen LogP contribution in [-0.2, 0) is 26.6 Å². The van der Waals surface area contributed by atoms with E-state index in [0.717, 1.165) is 0 Å². The molecule has 0 spiro atoms. The normalized spacial score (nSPS) is 23.6. The van der Waals surface area contributed by atoms with Crippen molar-refractivity contribution in [1.29, 1.82) is 0 Å². The van der Waals surface area contributed by atoms with E-state index < -0.39 is 33.0 Å². The number of esters is 1. The molecule has 2 rings (SSSR count). The van der Waals surface area contributed by atoms with Crippen LogP contribution in [0.25, 0.3) is 0 Å². The van der Waals surface area contributed by atoms with Crippen molar-refractivity contribution in [2.24, 2.45) is 7.05 Å². The van der Waals surface area contributed by atoms with Gasteiger partial charge in [0, 0.05) is 26.7 Å². The zero-order chi connectivity index (χ0) is 17.6. The van der Waals surface area contributed by atoms with Crippen molar-refractivity contribution in [1.82, 2.24) is 14.6 Å². The van der Waals surface area contributed by atoms with E-state index in [1.54, 1.807) is 20.9 Å². The molecule has 0 radical (unpaired) electrons. The molecule has 1 fully saturated rings. The monoisotopic (exact) mass is 343 g/mol. The highest BCUT2D eigenvalue weighted by Crippen LogP contribution is 2.34. The van der Waals surface area contributed by atoms with E-state index in [4.69, 9.17) is 4.74 Å². The van der Waals surface area contributed by atoms with Gasteiger partial charge in [0.2, 0.25) is 10.0 Å². The van der Waals surface area contributed by atoms with Gasteiger partial charge in [-0.05, 0) is 26.8 Å². The number of sulfonamides is 1. The number of nitrogens with zero attached hydrogens (tertiary/aromatic N) is 1. The third kappa shape index (κ3) is 3.25. The Labute approximate surface area is 135 Å². The van der Waals surface area contributed by atoms with E-state index in [1.807, 2.05) is 0 Å². The Morgan fingerprint density at radius 1 is 1.35 bits per heavy atom. The summed E-state index contributed by atoms with van der Waals surface area (Å²) in [5, 5.41) is 2.44. The third-order valence-corrected chi connectivity index (χ3v) is 5.27. The zero-order valence-electron chi connectivity index (χ0n) is 13.8. The number of aromatic nitrogens is 1. The molecule has 2 heterocycles. The van der Waals surface area contributed by atoms with Gasteiger partial charge >= 0.3 is 5.97 Å². The molecule has 23 heavy (non-hydrogen) atoms. The van der Waals surface area contributed by atoms with Crippen molar-refractivity contribution >= 4 is 21.9 Å². The Kier molecular flexibility index (Phi) is 4.06. The molecule has 1 atom stereocenters. The van der Waals surface area contributed by atoms with Crippen molar-refractivity contribution in [3.8, 4) is 0 Å². The van der Waals surface area contributed by atoms with Crippen LogP contribution in [0.5, 0.6) is 0 Å². The van der Waals surface area contributed by atoms with Crippen LogP contribution >= 0.6 is 0 Å². The molecule has 0 unspecified atom stereocenters. The molecule has 0 aromatic carbocycles. The Hall–Kier alpha value is -1.87. The fourth-order valence-corrected chi connectivity index (χ4v) is 4.22. The topological polar surface area (TPSA) is 106 Å². The molecule has 9 heteroatoms. The van der Waals surface area contributed by atoms with E-state index in [0.29, 0.717) is 0 Å². The summed E-state index contributed by atoms with van der Waals surface area (Å²) < 4.78 is 34.1. The standard InChI is InChI=1S/C14H21N3O5S/c1-13(2)8-14(3,12(19)22-13)16-23(20,21)9-6-10(11(18)15-4)17(5)7-9/h6-7,16H,8H2,1-5H3,(H,15,18)/t14-/m0/s1. The molecular weight excluding hydrogens is 322 g/mol. The van der Waals surface area contributed by atoms with Gasteiger partial charge < -0.3 is 14.6 Å². The van der Waals surface area contributed by atoms with Crippen LogP contribution in [0.3, 0.4) is 0 Å². The summed E-state index contributed by atoms with van der Waals surface area (Å²) in [4.78, 5) is 23.6. The lowest BCUT2D eigenvalue weighted by atomic mass is 9.93. The molecular formula is C14H21N3O5S. The predicted molar refractivity (Wildman–Crippen MR) is 82.3 cm³/mol. The summed E-state index contributed by atoms with van der Waals surface area (Å²) in [5.74, 6) is -1.02. The number of aryl methyl sites for hydroxylation is 1. The maximum atomic E-state index is 12.6. The Morgan fingerprint density at radius 2 is 1.96 bits per heavy atom. The number of rotatable bonds is 4. The molecule has 1 amide bonds. The SMILES string of the molecule is CNC(=O)c1cc(S(=O)(=O)N[C@@]2(C)CC(C)(C)OC2=O)cn1C. The van der Waals surface area contributed by atoms with Crippen molar-refractivity contribution in [2.75, 3.05) is 7.05 Å². The van der Waals surface area contributed by atoms with Crippen LogP contribution in [0, 0.1) is 0 Å². The molecule has 1 aliphatic rings. The second kappa shape index (κ2) is 5.34. The molecule has 128 valence electrons. The number of amides is 1. The first-order valence-electron chi connectivity index (χ1n) is 7.06. The van der Waals surface area contributed by atoms with Gasteiger partial charge in [0.25, 0.3) is 5.91 Å². The average molecular weight is 343 g/mol. The molecule has 0 bridgehead atoms. The smallest absolute Gasteiger partial charge is 0.327 e. The van der Waals surface area contributed by atoms with Gasteiger partial charge in [-0.1, -0.05) is 0 Å². The van der Waals surface area contributed by atoms with Gasteiger partial charge in [0.15, 0.2) is 0 Å². The first-order valence-corrected chi connectivity index (χ1v) is 8.54. The van der Waals surface area contributed by atoms with Crippen molar-refractivity contribution in [3.63, 3.8) is 0 Å². The number of hydrogen-bond donors (Lipinski definition) is 2. The van der Waals surface area contributed by atoms with E-state index in [9.17, 15) is 18.0 Å². The lowest BCUT2D eigenvalue weighted by molar-refractivity contribution is -0.149. The van der Waals surface area contributed by atoms with Gasteiger partial charge in [-0.2, -0.15) is 4.72 Å². The van der Waals surface area contributed by atoms with Gasteiger partial charge in [-0.3, -0.25) is 9.59 Å². The summed E-state index contributed by atoms with van der Waals surface area (Å²) in [5.41, 5.74) is -1.88. The van der Waals surface area contributed by atoms with Crippen LogP contribution in [0.1, 0.15) is 37.7 Å². The number of cyclic esters (lactones) is 1. The summed E-state index contributed by atoms with van der Waals surface area (Å²) in [7, 11) is -0.955. The minimum atomic E-state index is -3.98. The first kappa shape index (κ1) is 17.5. The fourth-order valence-electron chi connectivity index (χ4n) is 2.79. The van der Waals surface area contributed by atoms with Crippen LogP contribution in [0.2, 0.25) is 0 Å². The van der Waals surface area contributed by atoms with Gasteiger partial charge in [-0.25, -0.2) is 8.42 Å². The first-order chi connectivity index (χ1) is 10.4. The maximum Gasteiger partial charge on any atom is 0.327 e. The second-order valence-electron chi connectivity index (χ2n) is 6.51. The highest BCUT2D eigenvalue weighted by molar-refractivity contribution is 7.89. The quantitative estimate of drug-likeness (QED) is 0.757. The molecule has 8 nitrogen and oxygen atoms in total. The molecule has 0 saturated carbocycles. The van der Waals surface area contributed by atoms with Gasteiger partial charge in [0.1, 0.15) is 21.7 Å². The van der Waals surface area contributed by atoms with E-state index in [-0.39, 0.29) is 17.0 Å². The van der Waals surface area contributed by atoms with Crippen molar-refractivity contribution < 1.29 is 22.7 Å². The molecule has 1 aromatic heterocycles. The van der Waals surface area contributed by atoms with E-state index in [1.165, 1.54) is 30.8 Å². The molecule has 1 aromatic rings. The lowest BCUT2D eigenvalue weighted by Crippen LogP contribution is -2.49. The van der Waals surface area contributed by atoms with Crippen molar-refractivity contribution in [2.45, 2.75) is 43.2 Å². The van der Waals surface area contributed by atoms with Crippen molar-refractivity contribution in [3.05, 3.63) is 18.0 Å². The summed E-state index contributed by atoms with van der Waals surface area (Å²) in [6.45, 7) is 4.93. The lowest BCUT2D eigenvalue weighted by Gasteiger charge is -2.21.